The van der Waals surface area contributed by atoms with Gasteiger partial charge in [0.1, 0.15) is 5.69 Å². The SMILES string of the molecule is C=C(C)Nc1cc(C(=O)NCc2ccccn2)nc2c(C(F)(F)F)cc(C3CC3)cc12. The Morgan fingerprint density at radius 3 is 2.61 bits per heavy atom. The van der Waals surface area contributed by atoms with Crippen molar-refractivity contribution in [1.29, 1.82) is 0 Å². The maximum Gasteiger partial charge on any atom is 0.418 e. The normalized spacial score (nSPS) is 13.8. The summed E-state index contributed by atoms with van der Waals surface area (Å²) in [7, 11) is 0. The Morgan fingerprint density at radius 1 is 1.23 bits per heavy atom. The third-order valence-electron chi connectivity index (χ3n) is 5.03. The van der Waals surface area contributed by atoms with Crippen LogP contribution in [0.2, 0.25) is 0 Å². The summed E-state index contributed by atoms with van der Waals surface area (Å²) < 4.78 is 41.7. The monoisotopic (exact) mass is 426 g/mol. The highest BCUT2D eigenvalue weighted by Crippen LogP contribution is 2.45. The third kappa shape index (κ3) is 4.68. The Kier molecular flexibility index (Phi) is 5.39. The van der Waals surface area contributed by atoms with Gasteiger partial charge in [-0.25, -0.2) is 4.98 Å². The van der Waals surface area contributed by atoms with E-state index in [1.165, 1.54) is 6.07 Å². The number of amides is 1. The molecule has 1 aliphatic rings. The minimum absolute atomic E-state index is 0.114. The standard InChI is InChI=1S/C23H21F3N4O/c1-13(2)29-19-11-20(22(31)28-12-16-5-3-4-8-27-16)30-21-17(19)9-15(14-6-7-14)10-18(21)23(24,25)26/h3-5,8-11,14H,1,6-7,12H2,2H3,(H,28,31)(H,29,30). The fourth-order valence-corrected chi connectivity index (χ4v) is 3.43. The van der Waals surface area contributed by atoms with E-state index in [9.17, 15) is 18.0 Å². The van der Waals surface area contributed by atoms with Crippen LogP contribution in [-0.4, -0.2) is 15.9 Å². The zero-order chi connectivity index (χ0) is 22.2. The van der Waals surface area contributed by atoms with Crippen LogP contribution in [0.4, 0.5) is 18.9 Å². The van der Waals surface area contributed by atoms with E-state index in [1.807, 2.05) is 0 Å². The number of halogens is 3. The van der Waals surface area contributed by atoms with E-state index < -0.39 is 17.6 Å². The van der Waals surface area contributed by atoms with Crippen molar-refractivity contribution in [3.63, 3.8) is 0 Å². The molecule has 1 aromatic carbocycles. The molecule has 160 valence electrons. The summed E-state index contributed by atoms with van der Waals surface area (Å²) in [6.45, 7) is 5.62. The minimum Gasteiger partial charge on any atom is -0.359 e. The number of anilines is 1. The predicted octanol–water partition coefficient (Wildman–Crippen LogP) is 5.40. The molecule has 3 aromatic rings. The molecule has 0 aliphatic heterocycles. The average Bonchev–Trinajstić information content (AvgIpc) is 3.56. The smallest absolute Gasteiger partial charge is 0.359 e. The van der Waals surface area contributed by atoms with Gasteiger partial charge in [-0.3, -0.25) is 9.78 Å². The largest absolute Gasteiger partial charge is 0.418 e. The van der Waals surface area contributed by atoms with Gasteiger partial charge in [-0.1, -0.05) is 12.6 Å². The molecule has 0 bridgehead atoms. The van der Waals surface area contributed by atoms with Crippen molar-refractivity contribution >= 4 is 22.5 Å². The summed E-state index contributed by atoms with van der Waals surface area (Å²) in [5, 5.41) is 5.97. The van der Waals surface area contributed by atoms with Crippen LogP contribution in [0.1, 0.15) is 53.0 Å². The maximum atomic E-state index is 13.9. The number of rotatable bonds is 6. The van der Waals surface area contributed by atoms with Crippen molar-refractivity contribution in [3.8, 4) is 0 Å². The van der Waals surface area contributed by atoms with E-state index in [0.717, 1.165) is 18.9 Å². The molecule has 1 fully saturated rings. The average molecular weight is 426 g/mol. The molecule has 1 saturated carbocycles. The zero-order valence-electron chi connectivity index (χ0n) is 16.9. The molecule has 0 atom stereocenters. The Hall–Kier alpha value is -3.42. The van der Waals surface area contributed by atoms with Gasteiger partial charge in [-0.05, 0) is 61.6 Å². The van der Waals surface area contributed by atoms with Gasteiger partial charge in [-0.2, -0.15) is 13.2 Å². The summed E-state index contributed by atoms with van der Waals surface area (Å²) in [6.07, 6.45) is -1.27. The van der Waals surface area contributed by atoms with Gasteiger partial charge in [0.2, 0.25) is 0 Å². The van der Waals surface area contributed by atoms with E-state index in [1.54, 1.807) is 37.4 Å². The summed E-state index contributed by atoms with van der Waals surface area (Å²) >= 11 is 0. The molecule has 2 N–H and O–H groups in total. The van der Waals surface area contributed by atoms with Crippen LogP contribution in [0.15, 0.2) is 54.9 Å². The second-order valence-electron chi connectivity index (χ2n) is 7.70. The molecule has 31 heavy (non-hydrogen) atoms. The molecular formula is C23H21F3N4O. The first-order valence-corrected chi connectivity index (χ1v) is 9.89. The molecule has 0 radical (unpaired) electrons. The Morgan fingerprint density at radius 2 is 2.00 bits per heavy atom. The first-order valence-electron chi connectivity index (χ1n) is 9.89. The fourth-order valence-electron chi connectivity index (χ4n) is 3.43. The van der Waals surface area contributed by atoms with E-state index in [-0.39, 0.29) is 23.7 Å². The van der Waals surface area contributed by atoms with Crippen molar-refractivity contribution in [2.75, 3.05) is 5.32 Å². The van der Waals surface area contributed by atoms with E-state index >= 15 is 0 Å². The number of hydrogen-bond acceptors (Lipinski definition) is 4. The lowest BCUT2D eigenvalue weighted by Crippen LogP contribution is -2.24. The highest BCUT2D eigenvalue weighted by Gasteiger charge is 2.36. The quantitative estimate of drug-likeness (QED) is 0.554. The Labute approximate surface area is 177 Å². The first-order chi connectivity index (χ1) is 14.7. The van der Waals surface area contributed by atoms with Crippen molar-refractivity contribution in [2.45, 2.75) is 38.4 Å². The molecule has 1 amide bonds. The number of hydrogen-bond donors (Lipinski definition) is 2. The van der Waals surface area contributed by atoms with Gasteiger partial charge in [0.05, 0.1) is 29.0 Å². The number of aromatic nitrogens is 2. The summed E-state index contributed by atoms with van der Waals surface area (Å²) in [5.41, 5.74) is 0.964. The second-order valence-corrected chi connectivity index (χ2v) is 7.70. The number of nitrogens with zero attached hydrogens (tertiary/aromatic N) is 2. The first kappa shape index (κ1) is 20.8. The Bertz CT molecular complexity index is 1150. The number of alkyl halides is 3. The highest BCUT2D eigenvalue weighted by molar-refractivity contribution is 6.01. The van der Waals surface area contributed by atoms with Gasteiger partial charge in [0.15, 0.2) is 0 Å². The van der Waals surface area contributed by atoms with Crippen LogP contribution in [0, 0.1) is 0 Å². The topological polar surface area (TPSA) is 66.9 Å². The lowest BCUT2D eigenvalue weighted by molar-refractivity contribution is -0.136. The number of fused-ring (bicyclic) bond motifs is 1. The molecule has 2 aromatic heterocycles. The fraction of sp³-hybridized carbons (Fsp3) is 0.261. The summed E-state index contributed by atoms with van der Waals surface area (Å²) in [4.78, 5) is 21.0. The maximum absolute atomic E-state index is 13.9. The van der Waals surface area contributed by atoms with Crippen LogP contribution < -0.4 is 10.6 Å². The van der Waals surface area contributed by atoms with Gasteiger partial charge >= 0.3 is 6.18 Å². The molecule has 4 rings (SSSR count). The van der Waals surface area contributed by atoms with Crippen LogP contribution in [0.25, 0.3) is 10.9 Å². The summed E-state index contributed by atoms with van der Waals surface area (Å²) in [5.74, 6) is -0.457. The highest BCUT2D eigenvalue weighted by atomic mass is 19.4. The van der Waals surface area contributed by atoms with Crippen molar-refractivity contribution in [3.05, 3.63) is 77.4 Å². The van der Waals surface area contributed by atoms with Crippen LogP contribution >= 0.6 is 0 Å². The van der Waals surface area contributed by atoms with Crippen LogP contribution in [-0.2, 0) is 12.7 Å². The van der Waals surface area contributed by atoms with Crippen molar-refractivity contribution < 1.29 is 18.0 Å². The minimum atomic E-state index is -4.60. The van der Waals surface area contributed by atoms with Crippen LogP contribution in [0.5, 0.6) is 0 Å². The number of benzene rings is 1. The molecule has 8 heteroatoms. The lowest BCUT2D eigenvalue weighted by Gasteiger charge is -2.17. The molecule has 0 unspecified atom stereocenters. The molecule has 1 aliphatic carbocycles. The molecule has 2 heterocycles. The van der Waals surface area contributed by atoms with E-state index in [4.69, 9.17) is 0 Å². The van der Waals surface area contributed by atoms with E-state index in [0.29, 0.717) is 28.0 Å². The second kappa shape index (κ2) is 8.02. The van der Waals surface area contributed by atoms with Gasteiger partial charge in [-0.15, -0.1) is 0 Å². The number of allylic oxidation sites excluding steroid dienone is 1. The number of pyridine rings is 2. The number of carbonyl (C=O) groups is 1. The molecule has 5 nitrogen and oxygen atoms in total. The predicted molar refractivity (Wildman–Crippen MR) is 113 cm³/mol. The lowest BCUT2D eigenvalue weighted by atomic mass is 10.00. The molecule has 0 spiro atoms. The zero-order valence-corrected chi connectivity index (χ0v) is 16.9. The third-order valence-corrected chi connectivity index (χ3v) is 5.03. The summed E-state index contributed by atoms with van der Waals surface area (Å²) in [6, 6.07) is 9.62. The molecular weight excluding hydrogens is 405 g/mol. The number of nitrogens with one attached hydrogen (secondary N) is 2. The van der Waals surface area contributed by atoms with E-state index in [2.05, 4.69) is 27.2 Å². The van der Waals surface area contributed by atoms with Gasteiger partial charge in [0.25, 0.3) is 5.91 Å². The molecule has 0 saturated heterocycles. The van der Waals surface area contributed by atoms with Gasteiger partial charge in [0, 0.05) is 17.3 Å². The van der Waals surface area contributed by atoms with Crippen molar-refractivity contribution in [2.24, 2.45) is 0 Å². The van der Waals surface area contributed by atoms with Crippen molar-refractivity contribution in [1.82, 2.24) is 15.3 Å². The van der Waals surface area contributed by atoms with Crippen LogP contribution in [0.3, 0.4) is 0 Å². The number of carbonyl (C=O) groups excluding carboxylic acids is 1. The Balaban J connectivity index is 1.80. The van der Waals surface area contributed by atoms with Gasteiger partial charge < -0.3 is 10.6 Å².